The molecular formula is C6H8Br2O. The van der Waals surface area contributed by atoms with E-state index in [9.17, 15) is 4.79 Å². The van der Waals surface area contributed by atoms with E-state index in [1.165, 1.54) is 6.42 Å². The molecule has 0 aromatic carbocycles. The molecule has 52 valence electrons. The molecule has 0 unspecified atom stereocenters. The van der Waals surface area contributed by atoms with E-state index in [0.29, 0.717) is 6.42 Å². The van der Waals surface area contributed by atoms with Crippen molar-refractivity contribution in [3.05, 3.63) is 0 Å². The molecule has 0 radical (unpaired) electrons. The van der Waals surface area contributed by atoms with Crippen molar-refractivity contribution in [2.45, 2.75) is 30.0 Å². The summed E-state index contributed by atoms with van der Waals surface area (Å²) < 4.78 is 0.271. The molecule has 1 aliphatic carbocycles. The molecule has 0 bridgehead atoms. The monoisotopic (exact) mass is 254 g/mol. The van der Waals surface area contributed by atoms with Gasteiger partial charge in [-0.3, -0.25) is 4.79 Å². The third-order valence-corrected chi connectivity index (χ3v) is 3.06. The highest BCUT2D eigenvalue weighted by Gasteiger charge is 2.35. The zero-order valence-electron chi connectivity index (χ0n) is 4.99. The minimum atomic E-state index is 0.110. The fourth-order valence-corrected chi connectivity index (χ4v) is 2.71. The van der Waals surface area contributed by atoms with Crippen LogP contribution in [0.2, 0.25) is 0 Å². The van der Waals surface area contributed by atoms with Gasteiger partial charge in [0.1, 0.15) is 0 Å². The lowest BCUT2D eigenvalue weighted by Crippen LogP contribution is -2.31. The summed E-state index contributed by atoms with van der Waals surface area (Å²) in [5.41, 5.74) is 0. The van der Waals surface area contributed by atoms with Crippen molar-refractivity contribution in [2.24, 2.45) is 0 Å². The van der Waals surface area contributed by atoms with Gasteiger partial charge in [0.2, 0.25) is 0 Å². The van der Waals surface area contributed by atoms with Crippen molar-refractivity contribution in [3.63, 3.8) is 0 Å². The van der Waals surface area contributed by atoms with E-state index in [-0.39, 0.29) is 9.02 Å². The topological polar surface area (TPSA) is 17.1 Å². The van der Waals surface area contributed by atoms with E-state index in [1.54, 1.807) is 0 Å². The van der Waals surface area contributed by atoms with Gasteiger partial charge in [-0.25, -0.2) is 0 Å². The van der Waals surface area contributed by atoms with Gasteiger partial charge in [-0.15, -0.1) is 0 Å². The number of hydrogen-bond donors (Lipinski definition) is 0. The van der Waals surface area contributed by atoms with Crippen LogP contribution in [-0.2, 0) is 4.79 Å². The highest BCUT2D eigenvalue weighted by Crippen LogP contribution is 2.43. The van der Waals surface area contributed by atoms with E-state index in [4.69, 9.17) is 0 Å². The molecule has 0 atom stereocenters. The second kappa shape index (κ2) is 2.70. The average molecular weight is 256 g/mol. The Kier molecular flexibility index (Phi) is 2.32. The van der Waals surface area contributed by atoms with Crippen molar-refractivity contribution >= 4 is 36.6 Å². The lowest BCUT2D eigenvalue weighted by molar-refractivity contribution is -0.111. The van der Waals surface area contributed by atoms with Crippen LogP contribution < -0.4 is 0 Å². The largest absolute Gasteiger partial charge is 0.287 e. The molecule has 0 amide bonds. The van der Waals surface area contributed by atoms with Crippen molar-refractivity contribution in [2.75, 3.05) is 0 Å². The van der Waals surface area contributed by atoms with E-state index in [1.807, 2.05) is 0 Å². The smallest absolute Gasteiger partial charge is 0.199 e. The van der Waals surface area contributed by atoms with Gasteiger partial charge in [-0.2, -0.15) is 0 Å². The molecule has 0 N–H and O–H groups in total. The van der Waals surface area contributed by atoms with E-state index >= 15 is 0 Å². The summed E-state index contributed by atoms with van der Waals surface area (Å²) in [6.07, 6.45) is 4.17. The van der Waals surface area contributed by atoms with Crippen LogP contribution in [0.4, 0.5) is 0 Å². The molecule has 1 nitrogen and oxygen atoms in total. The van der Waals surface area contributed by atoms with E-state index in [0.717, 1.165) is 12.8 Å². The Morgan fingerprint density at radius 1 is 1.56 bits per heavy atom. The zero-order chi connectivity index (χ0) is 6.91. The Bertz CT molecular complexity index is 129. The molecule has 0 saturated heterocycles. The Labute approximate surface area is 71.5 Å². The molecule has 0 heterocycles. The van der Waals surface area contributed by atoms with Crippen LogP contribution in [0, 0.1) is 0 Å². The van der Waals surface area contributed by atoms with Crippen LogP contribution in [0.25, 0.3) is 0 Å². The first-order valence-electron chi connectivity index (χ1n) is 3.00. The Morgan fingerprint density at radius 3 is 2.22 bits per heavy atom. The number of carbonyl (C=O) groups is 1. The predicted octanol–water partition coefficient (Wildman–Crippen LogP) is 2.62. The summed E-state index contributed by atoms with van der Waals surface area (Å²) in [6.45, 7) is 0. The maximum absolute atomic E-state index is 10.5. The molecule has 0 aliphatic heterocycles. The van der Waals surface area contributed by atoms with Crippen molar-refractivity contribution in [3.8, 4) is 0 Å². The molecule has 1 aliphatic rings. The standard InChI is InChI=1S/C6H8Br2O/c7-5(9)4-6(8)2-1-3-6/h1-4H2. The molecule has 0 aromatic heterocycles. The molecule has 0 spiro atoms. The average Bonchev–Trinajstić information content (AvgIpc) is 1.60. The molecule has 0 aromatic rings. The van der Waals surface area contributed by atoms with Gasteiger partial charge in [-0.05, 0) is 28.8 Å². The highest BCUT2D eigenvalue weighted by atomic mass is 79.9. The van der Waals surface area contributed by atoms with Crippen molar-refractivity contribution in [1.29, 1.82) is 0 Å². The van der Waals surface area contributed by atoms with Gasteiger partial charge >= 0.3 is 0 Å². The number of alkyl halides is 1. The molecule has 1 saturated carbocycles. The minimum absolute atomic E-state index is 0.110. The summed E-state index contributed by atoms with van der Waals surface area (Å²) in [4.78, 5) is 10.5. The number of hydrogen-bond acceptors (Lipinski definition) is 1. The summed E-state index contributed by atoms with van der Waals surface area (Å²) in [6, 6.07) is 0. The predicted molar refractivity (Wildman–Crippen MR) is 44.1 cm³/mol. The number of rotatable bonds is 2. The summed E-state index contributed by atoms with van der Waals surface area (Å²) >= 11 is 6.43. The maximum Gasteiger partial charge on any atom is 0.199 e. The van der Waals surface area contributed by atoms with Crippen molar-refractivity contribution in [1.82, 2.24) is 0 Å². The quantitative estimate of drug-likeness (QED) is 0.548. The van der Waals surface area contributed by atoms with E-state index < -0.39 is 0 Å². The minimum Gasteiger partial charge on any atom is -0.287 e. The highest BCUT2D eigenvalue weighted by molar-refractivity contribution is 9.18. The Balaban J connectivity index is 2.33. The molecular weight excluding hydrogens is 248 g/mol. The number of halogens is 2. The number of carbonyl (C=O) groups excluding carboxylic acids is 1. The second-order valence-corrected chi connectivity index (χ2v) is 5.10. The van der Waals surface area contributed by atoms with Crippen LogP contribution in [-0.4, -0.2) is 9.02 Å². The Morgan fingerprint density at radius 2 is 2.11 bits per heavy atom. The fourth-order valence-electron chi connectivity index (χ4n) is 0.986. The lowest BCUT2D eigenvalue weighted by atomic mass is 9.83. The van der Waals surface area contributed by atoms with Gasteiger partial charge in [0.25, 0.3) is 0 Å². The normalized spacial score (nSPS) is 22.9. The maximum atomic E-state index is 10.5. The van der Waals surface area contributed by atoms with Gasteiger partial charge in [0.15, 0.2) is 4.69 Å². The molecule has 1 fully saturated rings. The van der Waals surface area contributed by atoms with E-state index in [2.05, 4.69) is 31.9 Å². The van der Waals surface area contributed by atoms with Gasteiger partial charge in [0.05, 0.1) is 0 Å². The SMILES string of the molecule is O=C(Br)CC1(Br)CCC1. The molecule has 3 heteroatoms. The molecule has 1 rings (SSSR count). The van der Waals surface area contributed by atoms with Crippen LogP contribution >= 0.6 is 31.9 Å². The van der Waals surface area contributed by atoms with Crippen LogP contribution in [0.15, 0.2) is 0 Å². The van der Waals surface area contributed by atoms with Gasteiger partial charge in [0, 0.05) is 10.7 Å². The lowest BCUT2D eigenvalue weighted by Gasteiger charge is -2.34. The van der Waals surface area contributed by atoms with Gasteiger partial charge < -0.3 is 0 Å². The first kappa shape index (κ1) is 7.73. The summed E-state index contributed by atoms with van der Waals surface area (Å²) in [7, 11) is 0. The van der Waals surface area contributed by atoms with Crippen LogP contribution in [0.1, 0.15) is 25.7 Å². The summed E-state index contributed by atoms with van der Waals surface area (Å²) in [5, 5.41) is 0. The molecule has 9 heavy (non-hydrogen) atoms. The van der Waals surface area contributed by atoms with Gasteiger partial charge in [-0.1, -0.05) is 22.4 Å². The third kappa shape index (κ3) is 2.04. The summed E-state index contributed by atoms with van der Waals surface area (Å²) in [5.74, 6) is 0. The fraction of sp³-hybridized carbons (Fsp3) is 0.833. The first-order valence-corrected chi connectivity index (χ1v) is 4.58. The first-order chi connectivity index (χ1) is 4.12. The van der Waals surface area contributed by atoms with Crippen LogP contribution in [0.5, 0.6) is 0 Å². The third-order valence-electron chi connectivity index (χ3n) is 1.71. The van der Waals surface area contributed by atoms with Crippen LogP contribution in [0.3, 0.4) is 0 Å². The Hall–Kier alpha value is 0.630. The van der Waals surface area contributed by atoms with Crippen molar-refractivity contribution < 1.29 is 4.79 Å². The second-order valence-electron chi connectivity index (χ2n) is 2.54. The zero-order valence-corrected chi connectivity index (χ0v) is 8.16.